The Labute approximate surface area is 124 Å². The highest BCUT2D eigenvalue weighted by Gasteiger charge is 2.36. The van der Waals surface area contributed by atoms with Gasteiger partial charge in [-0.3, -0.25) is 4.90 Å². The molecule has 2 heterocycles. The van der Waals surface area contributed by atoms with Crippen molar-refractivity contribution in [2.45, 2.75) is 38.5 Å². The van der Waals surface area contributed by atoms with E-state index in [2.05, 4.69) is 21.9 Å². The van der Waals surface area contributed by atoms with E-state index in [-0.39, 0.29) is 6.04 Å². The summed E-state index contributed by atoms with van der Waals surface area (Å²) in [6, 6.07) is 7.76. The number of fused-ring (bicyclic) bond motifs is 1. The standard InChI is InChI=1S/C16H22F2N2O/c1-11(13-6-2-3-7-15(13)21-16(17)18)20-9-12-5-4-8-19-14(12)10-20/h2-3,6-7,11-12,14,16,19H,4-5,8-10H2,1H3. The maximum atomic E-state index is 12.5. The summed E-state index contributed by atoms with van der Waals surface area (Å²) in [5.74, 6) is 0.979. The Hall–Kier alpha value is -1.20. The van der Waals surface area contributed by atoms with Gasteiger partial charge in [-0.25, -0.2) is 0 Å². The van der Waals surface area contributed by atoms with Crippen molar-refractivity contribution in [3.05, 3.63) is 29.8 Å². The number of alkyl halides is 2. The molecule has 2 aliphatic rings. The van der Waals surface area contributed by atoms with Crippen molar-refractivity contribution in [2.75, 3.05) is 19.6 Å². The van der Waals surface area contributed by atoms with E-state index in [0.717, 1.165) is 25.2 Å². The summed E-state index contributed by atoms with van der Waals surface area (Å²) in [6.07, 6.45) is 2.49. The normalized spacial score (nSPS) is 27.6. The number of benzene rings is 1. The Morgan fingerprint density at radius 2 is 2.10 bits per heavy atom. The topological polar surface area (TPSA) is 24.5 Å². The van der Waals surface area contributed by atoms with Crippen LogP contribution in [0.3, 0.4) is 0 Å². The molecule has 3 nitrogen and oxygen atoms in total. The minimum absolute atomic E-state index is 0.0901. The quantitative estimate of drug-likeness (QED) is 0.924. The molecule has 3 unspecified atom stereocenters. The van der Waals surface area contributed by atoms with E-state index in [9.17, 15) is 8.78 Å². The number of nitrogens with one attached hydrogen (secondary N) is 1. The lowest BCUT2D eigenvalue weighted by molar-refractivity contribution is -0.0510. The van der Waals surface area contributed by atoms with E-state index in [1.54, 1.807) is 12.1 Å². The highest BCUT2D eigenvalue weighted by Crippen LogP contribution is 2.35. The van der Waals surface area contributed by atoms with Crippen LogP contribution in [0.2, 0.25) is 0 Å². The molecule has 0 aromatic heterocycles. The lowest BCUT2D eigenvalue weighted by atomic mass is 9.94. The molecule has 2 saturated heterocycles. The van der Waals surface area contributed by atoms with Gasteiger partial charge in [0.15, 0.2) is 0 Å². The fraction of sp³-hybridized carbons (Fsp3) is 0.625. The van der Waals surface area contributed by atoms with E-state index in [1.165, 1.54) is 12.8 Å². The fourth-order valence-corrected chi connectivity index (χ4v) is 3.62. The van der Waals surface area contributed by atoms with Gasteiger partial charge in [-0.1, -0.05) is 18.2 Å². The number of likely N-dealkylation sites (tertiary alicyclic amines) is 1. The lowest BCUT2D eigenvalue weighted by Crippen LogP contribution is -2.40. The van der Waals surface area contributed by atoms with Gasteiger partial charge in [-0.2, -0.15) is 8.78 Å². The van der Waals surface area contributed by atoms with Crippen LogP contribution in [0.5, 0.6) is 5.75 Å². The number of nitrogens with zero attached hydrogens (tertiary/aromatic N) is 1. The summed E-state index contributed by atoms with van der Waals surface area (Å²) in [5, 5.41) is 3.57. The molecule has 1 aromatic rings. The van der Waals surface area contributed by atoms with Crippen molar-refractivity contribution in [3.8, 4) is 5.75 Å². The average molecular weight is 296 g/mol. The summed E-state index contributed by atoms with van der Waals surface area (Å²) < 4.78 is 29.7. The molecule has 5 heteroatoms. The molecular weight excluding hydrogens is 274 g/mol. The van der Waals surface area contributed by atoms with Crippen LogP contribution >= 0.6 is 0 Å². The maximum absolute atomic E-state index is 12.5. The first-order valence-corrected chi connectivity index (χ1v) is 7.66. The summed E-state index contributed by atoms with van der Waals surface area (Å²) in [5.41, 5.74) is 0.844. The average Bonchev–Trinajstić information content (AvgIpc) is 2.90. The first-order chi connectivity index (χ1) is 10.1. The highest BCUT2D eigenvalue weighted by molar-refractivity contribution is 5.36. The number of hydrogen-bond acceptors (Lipinski definition) is 3. The molecule has 0 aliphatic carbocycles. The molecule has 1 N–H and O–H groups in total. The fourth-order valence-electron chi connectivity index (χ4n) is 3.62. The number of halogens is 2. The van der Waals surface area contributed by atoms with Crippen LogP contribution < -0.4 is 10.1 Å². The van der Waals surface area contributed by atoms with Crippen LogP contribution in [-0.2, 0) is 0 Å². The third-order valence-electron chi connectivity index (χ3n) is 4.76. The number of para-hydroxylation sites is 1. The van der Waals surface area contributed by atoms with Crippen molar-refractivity contribution in [2.24, 2.45) is 5.92 Å². The van der Waals surface area contributed by atoms with E-state index in [4.69, 9.17) is 0 Å². The minimum Gasteiger partial charge on any atom is -0.434 e. The third kappa shape index (κ3) is 3.19. The lowest BCUT2D eigenvalue weighted by Gasteiger charge is -2.26. The molecule has 116 valence electrons. The van der Waals surface area contributed by atoms with Gasteiger partial charge in [0.05, 0.1) is 0 Å². The van der Waals surface area contributed by atoms with Gasteiger partial charge < -0.3 is 10.1 Å². The molecule has 0 spiro atoms. The molecular formula is C16H22F2N2O. The Morgan fingerprint density at radius 1 is 1.29 bits per heavy atom. The van der Waals surface area contributed by atoms with Crippen molar-refractivity contribution < 1.29 is 13.5 Å². The molecule has 3 rings (SSSR count). The van der Waals surface area contributed by atoms with Crippen molar-refractivity contribution in [1.82, 2.24) is 10.2 Å². The van der Waals surface area contributed by atoms with E-state index >= 15 is 0 Å². The van der Waals surface area contributed by atoms with E-state index in [1.807, 2.05) is 12.1 Å². The molecule has 3 atom stereocenters. The van der Waals surface area contributed by atoms with Gasteiger partial charge in [-0.15, -0.1) is 0 Å². The Balaban J connectivity index is 1.74. The van der Waals surface area contributed by atoms with E-state index in [0.29, 0.717) is 17.7 Å². The first kappa shape index (κ1) is 14.7. The summed E-state index contributed by atoms with van der Waals surface area (Å²) in [4.78, 5) is 2.38. The molecule has 0 amide bonds. The second kappa shape index (κ2) is 6.28. The van der Waals surface area contributed by atoms with Crippen molar-refractivity contribution in [1.29, 1.82) is 0 Å². The molecule has 0 saturated carbocycles. The predicted molar refractivity (Wildman–Crippen MR) is 77.6 cm³/mol. The molecule has 2 aliphatic heterocycles. The third-order valence-corrected chi connectivity index (χ3v) is 4.76. The zero-order valence-corrected chi connectivity index (χ0v) is 12.3. The zero-order valence-electron chi connectivity index (χ0n) is 12.3. The summed E-state index contributed by atoms with van der Waals surface area (Å²) >= 11 is 0. The monoisotopic (exact) mass is 296 g/mol. The van der Waals surface area contributed by atoms with Crippen LogP contribution in [0.4, 0.5) is 8.78 Å². The zero-order chi connectivity index (χ0) is 14.8. The van der Waals surface area contributed by atoms with Gasteiger partial charge in [0.2, 0.25) is 0 Å². The van der Waals surface area contributed by atoms with Gasteiger partial charge in [0.1, 0.15) is 5.75 Å². The number of rotatable bonds is 4. The first-order valence-electron chi connectivity index (χ1n) is 7.66. The van der Waals surface area contributed by atoms with Crippen LogP contribution in [0.25, 0.3) is 0 Å². The predicted octanol–water partition coefficient (Wildman–Crippen LogP) is 3.03. The molecule has 21 heavy (non-hydrogen) atoms. The van der Waals surface area contributed by atoms with Gasteiger partial charge in [0.25, 0.3) is 0 Å². The highest BCUT2D eigenvalue weighted by atomic mass is 19.3. The van der Waals surface area contributed by atoms with Gasteiger partial charge in [-0.05, 0) is 38.3 Å². The van der Waals surface area contributed by atoms with Crippen molar-refractivity contribution in [3.63, 3.8) is 0 Å². The molecule has 0 radical (unpaired) electrons. The second-order valence-corrected chi connectivity index (χ2v) is 6.01. The summed E-state index contributed by atoms with van der Waals surface area (Å²) in [6.45, 7) is 2.40. The minimum atomic E-state index is -2.78. The number of ether oxygens (including phenoxy) is 1. The van der Waals surface area contributed by atoms with Crippen molar-refractivity contribution >= 4 is 0 Å². The van der Waals surface area contributed by atoms with Crippen LogP contribution in [0.1, 0.15) is 31.4 Å². The number of hydrogen-bond donors (Lipinski definition) is 1. The Morgan fingerprint density at radius 3 is 2.86 bits per heavy atom. The molecule has 0 bridgehead atoms. The SMILES string of the molecule is CC(c1ccccc1OC(F)F)N1CC2CCCNC2C1. The van der Waals surface area contributed by atoms with Gasteiger partial charge >= 0.3 is 6.61 Å². The number of piperidine rings is 1. The van der Waals surface area contributed by atoms with Gasteiger partial charge in [0, 0.05) is 30.7 Å². The largest absolute Gasteiger partial charge is 0.434 e. The smallest absolute Gasteiger partial charge is 0.387 e. The second-order valence-electron chi connectivity index (χ2n) is 6.01. The molecule has 2 fully saturated rings. The Bertz CT molecular complexity index is 469. The maximum Gasteiger partial charge on any atom is 0.387 e. The summed E-state index contributed by atoms with van der Waals surface area (Å²) in [7, 11) is 0. The van der Waals surface area contributed by atoms with Crippen LogP contribution in [0.15, 0.2) is 24.3 Å². The Kier molecular flexibility index (Phi) is 4.40. The molecule has 1 aromatic carbocycles. The van der Waals surface area contributed by atoms with E-state index < -0.39 is 6.61 Å². The van der Waals surface area contributed by atoms with Crippen LogP contribution in [-0.4, -0.2) is 37.2 Å². The van der Waals surface area contributed by atoms with Crippen LogP contribution in [0, 0.1) is 5.92 Å².